The molecule has 0 saturated carbocycles. The highest BCUT2D eigenvalue weighted by Crippen LogP contribution is 2.46. The number of hydrogen-bond acceptors (Lipinski definition) is 7. The van der Waals surface area contributed by atoms with Gasteiger partial charge in [-0.25, -0.2) is 0 Å². The molecule has 6 atom stereocenters. The van der Waals surface area contributed by atoms with Gasteiger partial charge in [0.25, 0.3) is 0 Å². The first-order valence-corrected chi connectivity index (χ1v) is 12.2. The summed E-state index contributed by atoms with van der Waals surface area (Å²) in [6.07, 6.45) is -2.22. The van der Waals surface area contributed by atoms with Crippen LogP contribution in [-0.2, 0) is 34.9 Å². The van der Waals surface area contributed by atoms with E-state index in [-0.39, 0.29) is 5.78 Å². The van der Waals surface area contributed by atoms with Gasteiger partial charge in [0, 0.05) is 19.2 Å². The fourth-order valence-electron chi connectivity index (χ4n) is 4.61. The molecule has 2 aliphatic rings. The molecular formula is C27H33ClO7. The van der Waals surface area contributed by atoms with Crippen molar-refractivity contribution in [2.24, 2.45) is 0 Å². The number of ether oxygens (including phenoxy) is 6. The number of Topliss-reactive ketones (excluding diaryl/α,β-unsaturated/α-hetero) is 1. The number of carbonyl (C=O) groups is 1. The number of benzene rings is 2. The molecule has 2 aromatic rings. The smallest absolute Gasteiger partial charge is 0.221 e. The van der Waals surface area contributed by atoms with Crippen LogP contribution >= 0.6 is 11.6 Å². The lowest BCUT2D eigenvalue weighted by molar-refractivity contribution is -0.454. The summed E-state index contributed by atoms with van der Waals surface area (Å²) in [5.74, 6) is -1.91. The lowest BCUT2D eigenvalue weighted by Gasteiger charge is -2.54. The molecule has 2 saturated heterocycles. The number of carbonyl (C=O) groups excluding carboxylic acids is 1. The van der Waals surface area contributed by atoms with Crippen LogP contribution in [0.25, 0.3) is 0 Å². The Morgan fingerprint density at radius 3 is 2.26 bits per heavy atom. The van der Waals surface area contributed by atoms with Gasteiger partial charge in [0.05, 0.1) is 6.61 Å². The van der Waals surface area contributed by atoms with Crippen molar-refractivity contribution in [1.29, 1.82) is 0 Å². The fraction of sp³-hybridized carbons (Fsp3) is 0.519. The quantitative estimate of drug-likeness (QED) is 0.532. The highest BCUT2D eigenvalue weighted by atomic mass is 35.5. The van der Waals surface area contributed by atoms with E-state index in [1.54, 1.807) is 20.8 Å². The summed E-state index contributed by atoms with van der Waals surface area (Å²) < 4.78 is 35.5. The number of hydrogen-bond donors (Lipinski definition) is 0. The van der Waals surface area contributed by atoms with Crippen molar-refractivity contribution in [2.75, 3.05) is 20.8 Å². The zero-order chi connectivity index (χ0) is 25.4. The van der Waals surface area contributed by atoms with E-state index in [4.69, 9.17) is 40.0 Å². The number of halogens is 1. The molecule has 2 aromatic carbocycles. The molecule has 0 amide bonds. The summed E-state index contributed by atoms with van der Waals surface area (Å²) in [7, 11) is 3.01. The van der Waals surface area contributed by atoms with E-state index >= 15 is 0 Å². The molecule has 2 fully saturated rings. The Kier molecular flexibility index (Phi) is 7.57. The molecule has 0 aliphatic carbocycles. The Bertz CT molecular complexity index is 1060. The van der Waals surface area contributed by atoms with E-state index in [1.165, 1.54) is 14.2 Å². The Balaban J connectivity index is 1.65. The van der Waals surface area contributed by atoms with Crippen LogP contribution in [0.1, 0.15) is 50.5 Å². The standard InChI is InChI=1S/C27H33ClO7/c1-7-32-20-11-8-17(9-12-20)14-19-15-18(10-13-21(19)28)23-25-24(22(29)16(2)33-23)34-26(3,30-5)27(4,31-6)35-25/h8-13,15-16,23-25H,7,14H2,1-6H3/t16-,23+,24+,25+,26?,27?/m1/s1. The van der Waals surface area contributed by atoms with Gasteiger partial charge in [0.1, 0.15) is 24.1 Å². The normalized spacial score (nSPS) is 32.8. The molecule has 2 aliphatic heterocycles. The average Bonchev–Trinajstić information content (AvgIpc) is 2.85. The van der Waals surface area contributed by atoms with Gasteiger partial charge in [0.2, 0.25) is 11.6 Å². The van der Waals surface area contributed by atoms with E-state index in [0.717, 1.165) is 22.4 Å². The average molecular weight is 505 g/mol. The molecule has 2 unspecified atom stereocenters. The predicted molar refractivity (Wildman–Crippen MR) is 131 cm³/mol. The number of methoxy groups -OCH3 is 2. The van der Waals surface area contributed by atoms with E-state index in [2.05, 4.69) is 0 Å². The summed E-state index contributed by atoms with van der Waals surface area (Å²) in [6, 6.07) is 13.7. The van der Waals surface area contributed by atoms with Crippen molar-refractivity contribution in [1.82, 2.24) is 0 Å². The molecule has 0 aromatic heterocycles. The van der Waals surface area contributed by atoms with Crippen LogP contribution < -0.4 is 4.74 Å². The van der Waals surface area contributed by atoms with Gasteiger partial charge in [-0.05, 0) is 69.0 Å². The second-order valence-corrected chi connectivity index (χ2v) is 9.53. The molecule has 0 spiro atoms. The number of ketones is 1. The zero-order valence-corrected chi connectivity index (χ0v) is 21.8. The van der Waals surface area contributed by atoms with Gasteiger partial charge < -0.3 is 28.4 Å². The number of fused-ring (bicyclic) bond motifs is 1. The summed E-state index contributed by atoms with van der Waals surface area (Å²) in [4.78, 5) is 13.0. The van der Waals surface area contributed by atoms with E-state index in [1.807, 2.05) is 49.4 Å². The maximum atomic E-state index is 13.0. The molecule has 35 heavy (non-hydrogen) atoms. The molecular weight excluding hydrogens is 472 g/mol. The van der Waals surface area contributed by atoms with Crippen LogP contribution in [0.3, 0.4) is 0 Å². The van der Waals surface area contributed by atoms with Crippen molar-refractivity contribution in [3.63, 3.8) is 0 Å². The first kappa shape index (κ1) is 26.1. The molecule has 0 bridgehead atoms. The fourth-order valence-corrected chi connectivity index (χ4v) is 4.80. The number of rotatable bonds is 7. The lowest BCUT2D eigenvalue weighted by Crippen LogP contribution is -2.69. The molecule has 0 radical (unpaired) electrons. The first-order chi connectivity index (χ1) is 16.6. The highest BCUT2D eigenvalue weighted by molar-refractivity contribution is 6.31. The van der Waals surface area contributed by atoms with Crippen LogP contribution in [0, 0.1) is 0 Å². The summed E-state index contributed by atoms with van der Waals surface area (Å²) >= 11 is 6.57. The van der Waals surface area contributed by atoms with Crippen LogP contribution in [0.4, 0.5) is 0 Å². The van der Waals surface area contributed by atoms with E-state index < -0.39 is 36.0 Å². The highest BCUT2D eigenvalue weighted by Gasteiger charge is 2.62. The first-order valence-electron chi connectivity index (χ1n) is 11.8. The molecule has 8 heteroatoms. The van der Waals surface area contributed by atoms with Gasteiger partial charge in [-0.1, -0.05) is 35.9 Å². The van der Waals surface area contributed by atoms with E-state index in [9.17, 15) is 4.79 Å². The molecule has 4 rings (SSSR count). The second-order valence-electron chi connectivity index (χ2n) is 9.13. The maximum absolute atomic E-state index is 13.0. The van der Waals surface area contributed by atoms with Gasteiger partial charge >= 0.3 is 0 Å². The van der Waals surface area contributed by atoms with Gasteiger partial charge in [-0.15, -0.1) is 0 Å². The second kappa shape index (κ2) is 10.2. The van der Waals surface area contributed by atoms with Crippen molar-refractivity contribution >= 4 is 17.4 Å². The van der Waals surface area contributed by atoms with Crippen molar-refractivity contribution in [3.8, 4) is 5.75 Å². The minimum Gasteiger partial charge on any atom is -0.494 e. The lowest BCUT2D eigenvalue weighted by atomic mass is 9.88. The van der Waals surface area contributed by atoms with Crippen LogP contribution in [-0.4, -0.2) is 56.5 Å². The van der Waals surface area contributed by atoms with Crippen LogP contribution in [0.15, 0.2) is 42.5 Å². The molecule has 7 nitrogen and oxygen atoms in total. The SMILES string of the molecule is CCOc1ccc(Cc2cc([C@@H]3O[C@H](C)C(=O)[C@@H]4OC(C)(OC)C(C)(OC)O[C@H]43)ccc2Cl)cc1. The summed E-state index contributed by atoms with van der Waals surface area (Å²) in [5, 5.41) is 0.647. The topological polar surface area (TPSA) is 72.5 Å². The van der Waals surface area contributed by atoms with Gasteiger partial charge in [-0.3, -0.25) is 4.79 Å². The predicted octanol–water partition coefficient (Wildman–Crippen LogP) is 4.87. The van der Waals surface area contributed by atoms with Crippen molar-refractivity contribution in [2.45, 2.75) is 70.1 Å². The third-order valence-electron chi connectivity index (χ3n) is 6.97. The van der Waals surface area contributed by atoms with E-state index in [0.29, 0.717) is 18.1 Å². The van der Waals surface area contributed by atoms with Gasteiger partial charge in [0.15, 0.2) is 11.9 Å². The zero-order valence-electron chi connectivity index (χ0n) is 21.0. The minimum absolute atomic E-state index is 0.198. The Morgan fingerprint density at radius 1 is 0.971 bits per heavy atom. The Labute approximate surface area is 211 Å². The van der Waals surface area contributed by atoms with Crippen molar-refractivity contribution < 1.29 is 33.2 Å². The van der Waals surface area contributed by atoms with Gasteiger partial charge in [-0.2, -0.15) is 0 Å². The minimum atomic E-state index is -1.28. The largest absolute Gasteiger partial charge is 0.494 e. The van der Waals surface area contributed by atoms with Crippen LogP contribution in [0.2, 0.25) is 5.02 Å². The van der Waals surface area contributed by atoms with Crippen LogP contribution in [0.5, 0.6) is 5.75 Å². The molecule has 0 N–H and O–H groups in total. The molecule has 190 valence electrons. The monoisotopic (exact) mass is 504 g/mol. The Morgan fingerprint density at radius 2 is 1.63 bits per heavy atom. The third kappa shape index (κ3) is 4.86. The third-order valence-corrected chi connectivity index (χ3v) is 7.34. The van der Waals surface area contributed by atoms with Crippen molar-refractivity contribution in [3.05, 3.63) is 64.2 Å². The Hall–Kier alpha value is -2.00. The summed E-state index contributed by atoms with van der Waals surface area (Å²) in [6.45, 7) is 7.73. The summed E-state index contributed by atoms with van der Waals surface area (Å²) in [5.41, 5.74) is 2.87. The maximum Gasteiger partial charge on any atom is 0.221 e. The molecule has 2 heterocycles.